The standard InChI is InChI=1S/C20H23FN2O2/c1-16(24)23(13-11-18-9-5-6-10-19(18)21)14-12-22-20(25)15-17-7-3-2-4-8-17/h2-10H,11-15H2,1H3,(H,22,25). The van der Waals surface area contributed by atoms with E-state index in [0.29, 0.717) is 38.0 Å². The highest BCUT2D eigenvalue weighted by molar-refractivity contribution is 5.78. The number of halogens is 1. The average Bonchev–Trinajstić information content (AvgIpc) is 2.59. The summed E-state index contributed by atoms with van der Waals surface area (Å²) < 4.78 is 13.6. The Hall–Kier alpha value is -2.69. The first-order chi connectivity index (χ1) is 12.1. The van der Waals surface area contributed by atoms with E-state index in [2.05, 4.69) is 5.32 Å². The third-order valence-electron chi connectivity index (χ3n) is 3.97. The van der Waals surface area contributed by atoms with Crippen molar-refractivity contribution in [2.45, 2.75) is 19.8 Å². The first kappa shape index (κ1) is 18.6. The van der Waals surface area contributed by atoms with E-state index in [-0.39, 0.29) is 17.6 Å². The molecule has 2 aromatic carbocycles. The highest BCUT2D eigenvalue weighted by atomic mass is 19.1. The minimum atomic E-state index is -0.262. The van der Waals surface area contributed by atoms with Crippen molar-refractivity contribution in [3.8, 4) is 0 Å². The second-order valence-corrected chi connectivity index (χ2v) is 5.86. The molecule has 1 N–H and O–H groups in total. The molecule has 25 heavy (non-hydrogen) atoms. The van der Waals surface area contributed by atoms with Crippen LogP contribution in [-0.2, 0) is 22.4 Å². The number of amides is 2. The quantitative estimate of drug-likeness (QED) is 0.802. The van der Waals surface area contributed by atoms with Crippen LogP contribution in [0, 0.1) is 5.82 Å². The van der Waals surface area contributed by atoms with Crippen LogP contribution in [0.2, 0.25) is 0 Å². The topological polar surface area (TPSA) is 49.4 Å². The lowest BCUT2D eigenvalue weighted by Crippen LogP contribution is -2.39. The van der Waals surface area contributed by atoms with E-state index in [1.165, 1.54) is 13.0 Å². The molecule has 132 valence electrons. The Morgan fingerprint density at radius 1 is 1.00 bits per heavy atom. The molecular formula is C20H23FN2O2. The Labute approximate surface area is 147 Å². The molecule has 5 heteroatoms. The molecule has 0 unspecified atom stereocenters. The van der Waals surface area contributed by atoms with Gasteiger partial charge in [0, 0.05) is 26.6 Å². The van der Waals surface area contributed by atoms with Crippen LogP contribution in [0.5, 0.6) is 0 Å². The maximum absolute atomic E-state index is 13.6. The zero-order valence-corrected chi connectivity index (χ0v) is 14.4. The van der Waals surface area contributed by atoms with E-state index in [1.807, 2.05) is 30.3 Å². The minimum Gasteiger partial charge on any atom is -0.354 e. The van der Waals surface area contributed by atoms with E-state index < -0.39 is 0 Å². The van der Waals surface area contributed by atoms with Crippen molar-refractivity contribution in [1.29, 1.82) is 0 Å². The van der Waals surface area contributed by atoms with Crippen molar-refractivity contribution in [3.05, 3.63) is 71.5 Å². The zero-order chi connectivity index (χ0) is 18.1. The van der Waals surface area contributed by atoms with Crippen molar-refractivity contribution < 1.29 is 14.0 Å². The number of rotatable bonds is 8. The van der Waals surface area contributed by atoms with Gasteiger partial charge in [-0.1, -0.05) is 48.5 Å². The molecule has 0 radical (unpaired) electrons. The molecule has 4 nitrogen and oxygen atoms in total. The Bertz CT molecular complexity index is 704. The summed E-state index contributed by atoms with van der Waals surface area (Å²) in [6, 6.07) is 16.0. The first-order valence-electron chi connectivity index (χ1n) is 8.36. The number of carbonyl (C=O) groups is 2. The molecule has 0 bridgehead atoms. The molecule has 0 aliphatic rings. The summed E-state index contributed by atoms with van der Waals surface area (Å²) >= 11 is 0. The Kier molecular flexibility index (Phi) is 7.14. The lowest BCUT2D eigenvalue weighted by Gasteiger charge is -2.21. The molecule has 0 aromatic heterocycles. The third-order valence-corrected chi connectivity index (χ3v) is 3.97. The van der Waals surface area contributed by atoms with Crippen LogP contribution >= 0.6 is 0 Å². The highest BCUT2D eigenvalue weighted by Gasteiger charge is 2.11. The Morgan fingerprint density at radius 3 is 2.36 bits per heavy atom. The SMILES string of the molecule is CC(=O)N(CCNC(=O)Cc1ccccc1)CCc1ccccc1F. The van der Waals surface area contributed by atoms with E-state index in [0.717, 1.165) is 5.56 Å². The van der Waals surface area contributed by atoms with Gasteiger partial charge >= 0.3 is 0 Å². The molecule has 0 saturated carbocycles. The summed E-state index contributed by atoms with van der Waals surface area (Å²) in [5, 5.41) is 2.82. The normalized spacial score (nSPS) is 10.3. The van der Waals surface area contributed by atoms with Crippen LogP contribution in [0.3, 0.4) is 0 Å². The van der Waals surface area contributed by atoms with Gasteiger partial charge in [0.15, 0.2) is 0 Å². The Balaban J connectivity index is 1.76. The predicted octanol–water partition coefficient (Wildman–Crippen LogP) is 2.58. The second kappa shape index (κ2) is 9.57. The van der Waals surface area contributed by atoms with Crippen LogP contribution in [0.15, 0.2) is 54.6 Å². The molecule has 0 fully saturated rings. The molecule has 2 rings (SSSR count). The first-order valence-corrected chi connectivity index (χ1v) is 8.36. The molecular weight excluding hydrogens is 319 g/mol. The summed E-state index contributed by atoms with van der Waals surface area (Å²) in [5.41, 5.74) is 1.53. The van der Waals surface area contributed by atoms with Crippen molar-refractivity contribution in [2.75, 3.05) is 19.6 Å². The minimum absolute atomic E-state index is 0.0798. The van der Waals surface area contributed by atoms with Gasteiger partial charge in [-0.05, 0) is 23.6 Å². The molecule has 0 aliphatic heterocycles. The van der Waals surface area contributed by atoms with Gasteiger partial charge in [0.25, 0.3) is 0 Å². The number of benzene rings is 2. The van der Waals surface area contributed by atoms with Gasteiger partial charge in [-0.15, -0.1) is 0 Å². The van der Waals surface area contributed by atoms with Crippen LogP contribution < -0.4 is 5.32 Å². The number of hydrogen-bond donors (Lipinski definition) is 1. The van der Waals surface area contributed by atoms with Gasteiger partial charge in [-0.3, -0.25) is 9.59 Å². The van der Waals surface area contributed by atoms with Gasteiger partial charge in [-0.2, -0.15) is 0 Å². The maximum atomic E-state index is 13.6. The van der Waals surface area contributed by atoms with Gasteiger partial charge in [-0.25, -0.2) is 4.39 Å². The smallest absolute Gasteiger partial charge is 0.224 e. The van der Waals surface area contributed by atoms with Crippen LogP contribution in [0.1, 0.15) is 18.1 Å². The number of hydrogen-bond acceptors (Lipinski definition) is 2. The van der Waals surface area contributed by atoms with Crippen molar-refractivity contribution in [3.63, 3.8) is 0 Å². The second-order valence-electron chi connectivity index (χ2n) is 5.86. The summed E-state index contributed by atoms with van der Waals surface area (Å²) in [7, 11) is 0. The monoisotopic (exact) mass is 342 g/mol. The van der Waals surface area contributed by atoms with Crippen LogP contribution in [0.25, 0.3) is 0 Å². The fourth-order valence-corrected chi connectivity index (χ4v) is 2.56. The summed E-state index contributed by atoms with van der Waals surface area (Å²) in [6.07, 6.45) is 0.764. The largest absolute Gasteiger partial charge is 0.354 e. The van der Waals surface area contributed by atoms with Crippen molar-refractivity contribution >= 4 is 11.8 Å². The maximum Gasteiger partial charge on any atom is 0.224 e. The number of nitrogens with one attached hydrogen (secondary N) is 1. The van der Waals surface area contributed by atoms with E-state index in [4.69, 9.17) is 0 Å². The molecule has 0 aliphatic carbocycles. The summed E-state index contributed by atoms with van der Waals surface area (Å²) in [4.78, 5) is 25.3. The van der Waals surface area contributed by atoms with Gasteiger partial charge in [0.2, 0.25) is 11.8 Å². The van der Waals surface area contributed by atoms with E-state index in [1.54, 1.807) is 23.1 Å². The zero-order valence-electron chi connectivity index (χ0n) is 14.4. The van der Waals surface area contributed by atoms with Gasteiger partial charge in [0.1, 0.15) is 5.82 Å². The fraction of sp³-hybridized carbons (Fsp3) is 0.300. The number of nitrogens with zero attached hydrogens (tertiary/aromatic N) is 1. The van der Waals surface area contributed by atoms with E-state index >= 15 is 0 Å². The Morgan fingerprint density at radius 2 is 1.68 bits per heavy atom. The third kappa shape index (κ3) is 6.37. The fourth-order valence-electron chi connectivity index (χ4n) is 2.56. The van der Waals surface area contributed by atoms with Crippen LogP contribution in [-0.4, -0.2) is 36.3 Å². The van der Waals surface area contributed by atoms with Crippen molar-refractivity contribution in [2.24, 2.45) is 0 Å². The lowest BCUT2D eigenvalue weighted by molar-refractivity contribution is -0.129. The van der Waals surface area contributed by atoms with Gasteiger partial charge in [0.05, 0.1) is 6.42 Å². The summed E-state index contributed by atoms with van der Waals surface area (Å²) in [5.74, 6) is -0.431. The summed E-state index contributed by atoms with van der Waals surface area (Å²) in [6.45, 7) is 2.69. The average molecular weight is 342 g/mol. The number of carbonyl (C=O) groups excluding carboxylic acids is 2. The molecule has 2 aromatic rings. The van der Waals surface area contributed by atoms with Crippen LogP contribution in [0.4, 0.5) is 4.39 Å². The lowest BCUT2D eigenvalue weighted by atomic mass is 10.1. The molecule has 2 amide bonds. The molecule has 0 atom stereocenters. The molecule has 0 heterocycles. The molecule has 0 saturated heterocycles. The molecule has 0 spiro atoms. The van der Waals surface area contributed by atoms with Gasteiger partial charge < -0.3 is 10.2 Å². The highest BCUT2D eigenvalue weighted by Crippen LogP contribution is 2.08. The van der Waals surface area contributed by atoms with Crippen molar-refractivity contribution in [1.82, 2.24) is 10.2 Å². The predicted molar refractivity (Wildman–Crippen MR) is 95.5 cm³/mol. The van der Waals surface area contributed by atoms with E-state index in [9.17, 15) is 14.0 Å².